The van der Waals surface area contributed by atoms with Crippen molar-refractivity contribution in [3.05, 3.63) is 74.2 Å². The molecular weight excluding hydrogens is 494 g/mol. The minimum atomic E-state index is -0.830. The van der Waals surface area contributed by atoms with Crippen LogP contribution in [0.15, 0.2) is 52.5 Å². The second-order valence-electron chi connectivity index (χ2n) is 7.78. The van der Waals surface area contributed by atoms with Crippen LogP contribution in [0.3, 0.4) is 0 Å². The van der Waals surface area contributed by atoms with Gasteiger partial charge in [-0.1, -0.05) is 39.4 Å². The number of aromatic nitrogens is 2. The highest BCUT2D eigenvalue weighted by Crippen LogP contribution is 2.44. The van der Waals surface area contributed by atoms with Gasteiger partial charge < -0.3 is 9.84 Å². The van der Waals surface area contributed by atoms with Gasteiger partial charge in [0.15, 0.2) is 0 Å². The highest BCUT2D eigenvalue weighted by molar-refractivity contribution is 9.10. The molecule has 5 rings (SSSR count). The van der Waals surface area contributed by atoms with E-state index in [2.05, 4.69) is 26.1 Å². The summed E-state index contributed by atoms with van der Waals surface area (Å²) in [6, 6.07) is 11.8. The second-order valence-corrected chi connectivity index (χ2v) is 9.86. The molecule has 2 aliphatic rings. The van der Waals surface area contributed by atoms with Gasteiger partial charge in [-0.3, -0.25) is 14.5 Å². The monoisotopic (exact) mass is 511 g/mol. The average Bonchev–Trinajstić information content (AvgIpc) is 3.42. The van der Waals surface area contributed by atoms with Gasteiger partial charge in [-0.2, -0.15) is 0 Å². The Balaban J connectivity index is 1.69. The summed E-state index contributed by atoms with van der Waals surface area (Å²) < 4.78 is 6.53. The van der Waals surface area contributed by atoms with E-state index in [0.29, 0.717) is 27.7 Å². The van der Waals surface area contributed by atoms with Gasteiger partial charge in [0.05, 0.1) is 11.6 Å². The molecule has 7 nitrogen and oxygen atoms in total. The maximum absolute atomic E-state index is 13.2. The summed E-state index contributed by atoms with van der Waals surface area (Å²) in [4.78, 5) is 27.6. The molecular formula is C23H18BrN3O4S. The minimum Gasteiger partial charge on any atom is -0.507 e. The van der Waals surface area contributed by atoms with Gasteiger partial charge in [0, 0.05) is 16.5 Å². The minimum absolute atomic E-state index is 0.0212. The number of halogens is 1. The summed E-state index contributed by atoms with van der Waals surface area (Å²) in [6.07, 6.45) is 0.763. The molecule has 0 bridgehead atoms. The quantitative estimate of drug-likeness (QED) is 0.314. The summed E-state index contributed by atoms with van der Waals surface area (Å²) in [5.74, 6) is -0.960. The van der Waals surface area contributed by atoms with E-state index in [1.807, 2.05) is 37.3 Å². The zero-order chi connectivity index (χ0) is 22.6. The molecule has 0 saturated carbocycles. The van der Waals surface area contributed by atoms with Gasteiger partial charge in [0.25, 0.3) is 5.78 Å². The number of anilines is 1. The van der Waals surface area contributed by atoms with Crippen molar-refractivity contribution in [3.63, 3.8) is 0 Å². The Morgan fingerprint density at radius 2 is 2.03 bits per heavy atom. The number of ketones is 1. The van der Waals surface area contributed by atoms with Crippen LogP contribution >= 0.6 is 27.3 Å². The number of fused-ring (bicyclic) bond motifs is 1. The molecule has 1 saturated heterocycles. The number of hydrogen-bond acceptors (Lipinski definition) is 7. The van der Waals surface area contributed by atoms with Gasteiger partial charge >= 0.3 is 5.91 Å². The Bertz CT molecular complexity index is 1300. The lowest BCUT2D eigenvalue weighted by Crippen LogP contribution is -2.29. The van der Waals surface area contributed by atoms with Gasteiger partial charge in [-0.25, -0.2) is 0 Å². The smallest absolute Gasteiger partial charge is 0.301 e. The zero-order valence-corrected chi connectivity index (χ0v) is 19.6. The molecule has 162 valence electrons. The number of rotatable bonds is 3. The average molecular weight is 512 g/mol. The third-order valence-corrected chi connectivity index (χ3v) is 6.83. The first-order valence-electron chi connectivity index (χ1n) is 10.00. The van der Waals surface area contributed by atoms with Crippen molar-refractivity contribution in [1.29, 1.82) is 0 Å². The van der Waals surface area contributed by atoms with Crippen LogP contribution in [0.1, 0.15) is 34.7 Å². The summed E-state index contributed by atoms with van der Waals surface area (Å²) in [5, 5.41) is 20.3. The molecule has 32 heavy (non-hydrogen) atoms. The molecule has 1 aromatic heterocycles. The van der Waals surface area contributed by atoms with Crippen molar-refractivity contribution in [2.24, 2.45) is 0 Å². The Morgan fingerprint density at radius 3 is 2.75 bits per heavy atom. The summed E-state index contributed by atoms with van der Waals surface area (Å²) in [7, 11) is 0. The number of aryl methyl sites for hydroxylation is 1. The van der Waals surface area contributed by atoms with Crippen molar-refractivity contribution >= 4 is 49.8 Å². The van der Waals surface area contributed by atoms with Crippen molar-refractivity contribution in [2.45, 2.75) is 32.4 Å². The van der Waals surface area contributed by atoms with E-state index in [-0.39, 0.29) is 17.4 Å². The number of ether oxygens (including phenoxy) is 1. The first-order chi connectivity index (χ1) is 15.3. The first kappa shape index (κ1) is 20.8. The fourth-order valence-corrected chi connectivity index (χ4v) is 5.26. The predicted molar refractivity (Wildman–Crippen MR) is 124 cm³/mol. The van der Waals surface area contributed by atoms with E-state index < -0.39 is 17.7 Å². The van der Waals surface area contributed by atoms with Crippen LogP contribution in [0, 0.1) is 6.92 Å². The molecule has 3 heterocycles. The van der Waals surface area contributed by atoms with Crippen molar-refractivity contribution in [3.8, 4) is 5.75 Å². The highest BCUT2D eigenvalue weighted by Gasteiger charge is 2.48. The molecule has 3 aromatic rings. The van der Waals surface area contributed by atoms with Gasteiger partial charge in [0.1, 0.15) is 22.6 Å². The first-order valence-corrected chi connectivity index (χ1v) is 11.6. The molecule has 2 aromatic carbocycles. The van der Waals surface area contributed by atoms with Crippen molar-refractivity contribution < 1.29 is 19.4 Å². The van der Waals surface area contributed by atoms with Gasteiger partial charge in [-0.05, 0) is 55.3 Å². The Labute approximate surface area is 196 Å². The number of aliphatic hydroxyl groups excluding tert-OH is 1. The lowest BCUT2D eigenvalue weighted by molar-refractivity contribution is -0.132. The number of aliphatic hydroxyl groups is 1. The van der Waals surface area contributed by atoms with Gasteiger partial charge in [-0.15, -0.1) is 10.2 Å². The normalized spacial score (nSPS) is 21.7. The number of benzene rings is 2. The van der Waals surface area contributed by atoms with Crippen LogP contribution in [0.2, 0.25) is 0 Å². The summed E-state index contributed by atoms with van der Waals surface area (Å²) >= 11 is 4.67. The molecule has 1 fully saturated rings. The van der Waals surface area contributed by atoms with E-state index in [4.69, 9.17) is 4.74 Å². The van der Waals surface area contributed by atoms with Crippen LogP contribution in [0.5, 0.6) is 5.75 Å². The number of carbonyl (C=O) groups is 2. The second kappa shape index (κ2) is 7.83. The molecule has 0 aliphatic carbocycles. The summed E-state index contributed by atoms with van der Waals surface area (Å²) in [6.45, 7) is 3.75. The number of hydrogen-bond donors (Lipinski definition) is 1. The fraction of sp³-hybridized carbons (Fsp3) is 0.217. The van der Waals surface area contributed by atoms with Crippen LogP contribution in [0.4, 0.5) is 5.13 Å². The number of carbonyl (C=O) groups excluding carboxylic acids is 2. The molecule has 0 spiro atoms. The lowest BCUT2D eigenvalue weighted by atomic mass is 9.94. The lowest BCUT2D eigenvalue weighted by Gasteiger charge is -2.22. The van der Waals surface area contributed by atoms with Crippen molar-refractivity contribution in [1.82, 2.24) is 10.2 Å². The zero-order valence-electron chi connectivity index (χ0n) is 17.2. The largest absolute Gasteiger partial charge is 0.507 e. The van der Waals surface area contributed by atoms with Crippen LogP contribution in [-0.4, -0.2) is 33.1 Å². The number of Topliss-reactive ketones (excluding diaryl/α,β-unsaturated/α-hetero) is 1. The number of amides is 1. The van der Waals surface area contributed by atoms with E-state index in [0.717, 1.165) is 15.8 Å². The Hall–Kier alpha value is -3.04. The maximum Gasteiger partial charge on any atom is 0.301 e. The third kappa shape index (κ3) is 3.41. The third-order valence-electron chi connectivity index (χ3n) is 5.50. The van der Waals surface area contributed by atoms with E-state index in [1.165, 1.54) is 16.2 Å². The topological polar surface area (TPSA) is 92.6 Å². The molecule has 0 radical (unpaired) electrons. The maximum atomic E-state index is 13.2. The predicted octanol–water partition coefficient (Wildman–Crippen LogP) is 4.56. The van der Waals surface area contributed by atoms with Crippen LogP contribution < -0.4 is 9.64 Å². The Morgan fingerprint density at radius 1 is 1.22 bits per heavy atom. The molecule has 1 amide bonds. The van der Waals surface area contributed by atoms with Crippen LogP contribution in [-0.2, 0) is 16.0 Å². The fourth-order valence-electron chi connectivity index (χ4n) is 4.13. The Kier molecular flexibility index (Phi) is 5.10. The molecule has 9 heteroatoms. The van der Waals surface area contributed by atoms with Gasteiger partial charge in [0.2, 0.25) is 5.13 Å². The number of nitrogens with zero attached hydrogens (tertiary/aromatic N) is 3. The standard InChI is InChI=1S/C23H18BrN3O4S/c1-11-8-15-9-14(6-7-17(15)31-11)20(28)18-19(13-4-3-5-16(24)10-13)27(22(30)21(18)29)23-26-25-12(2)32-23/h3-7,9-11,19,28H,8H2,1-2H3/b20-18+/t11-,19-/m1/s1. The molecule has 2 atom stereocenters. The van der Waals surface area contributed by atoms with E-state index in [9.17, 15) is 14.7 Å². The van der Waals surface area contributed by atoms with E-state index >= 15 is 0 Å². The van der Waals surface area contributed by atoms with E-state index in [1.54, 1.807) is 19.1 Å². The summed E-state index contributed by atoms with van der Waals surface area (Å²) in [5.41, 5.74) is 2.11. The highest BCUT2D eigenvalue weighted by atomic mass is 79.9. The van der Waals surface area contributed by atoms with Crippen LogP contribution in [0.25, 0.3) is 5.76 Å². The molecule has 1 N–H and O–H groups in total. The SMILES string of the molecule is Cc1nnc(N2C(=O)C(=O)/C(=C(/O)c3ccc4c(c3)C[C@@H](C)O4)[C@H]2c2cccc(Br)c2)s1. The van der Waals surface area contributed by atoms with Crippen molar-refractivity contribution in [2.75, 3.05) is 4.90 Å². The molecule has 0 unspecified atom stereocenters. The molecule has 2 aliphatic heterocycles.